The van der Waals surface area contributed by atoms with Crippen LogP contribution in [-0.2, 0) is 19.1 Å². The summed E-state index contributed by atoms with van der Waals surface area (Å²) < 4.78 is 20.6. The van der Waals surface area contributed by atoms with Gasteiger partial charge in [0.25, 0.3) is 0 Å². The lowest BCUT2D eigenvalue weighted by Crippen LogP contribution is -2.45. The summed E-state index contributed by atoms with van der Waals surface area (Å²) in [6, 6.07) is 18.8. The number of hydrogen-bond donors (Lipinski definition) is 2. The lowest BCUT2D eigenvalue weighted by atomic mass is 10.1. The number of ether oxygens (including phenoxy) is 4. The molecule has 1 fully saturated rings. The first kappa shape index (κ1) is 35.2. The molecule has 4 rings (SSSR count). The van der Waals surface area contributed by atoms with Crippen molar-refractivity contribution in [2.24, 2.45) is 0 Å². The number of carboxylic acid groups (broad SMARTS) is 2. The number of likely N-dealkylation sites (tertiary alicyclic amines) is 1. The van der Waals surface area contributed by atoms with E-state index >= 15 is 0 Å². The Morgan fingerprint density at radius 1 is 0.867 bits per heavy atom. The van der Waals surface area contributed by atoms with Crippen molar-refractivity contribution in [2.45, 2.75) is 37.5 Å². The van der Waals surface area contributed by atoms with E-state index in [9.17, 15) is 29.4 Å². The fraction of sp³-hybridized carbons (Fsp3) is 0.312. The molecule has 0 saturated carbocycles. The topological polar surface area (TPSA) is 149 Å². The molecule has 3 unspecified atom stereocenters. The van der Waals surface area contributed by atoms with Gasteiger partial charge in [0.05, 0.1) is 29.9 Å². The maximum absolute atomic E-state index is 12.0. The van der Waals surface area contributed by atoms with Crippen LogP contribution >= 0.6 is 23.2 Å². The average Bonchev–Trinajstić information content (AvgIpc) is 3.43. The Morgan fingerprint density at radius 3 is 1.80 bits per heavy atom. The smallest absolute Gasteiger partial charge is 0.349 e. The van der Waals surface area contributed by atoms with Crippen molar-refractivity contribution >= 4 is 47.1 Å². The second kappa shape index (κ2) is 17.2. The second-order valence-electron chi connectivity index (χ2n) is 9.89. The minimum Gasteiger partial charge on any atom is -0.491 e. The zero-order valence-corrected chi connectivity index (χ0v) is 26.1. The van der Waals surface area contributed by atoms with Crippen LogP contribution in [0.3, 0.4) is 0 Å². The third kappa shape index (κ3) is 10.4. The molecule has 0 amide bonds. The molecule has 240 valence electrons. The van der Waals surface area contributed by atoms with E-state index in [1.54, 1.807) is 31.4 Å². The van der Waals surface area contributed by atoms with Gasteiger partial charge >= 0.3 is 23.9 Å². The molecule has 1 saturated heterocycles. The van der Waals surface area contributed by atoms with E-state index in [2.05, 4.69) is 11.9 Å². The van der Waals surface area contributed by atoms with Crippen molar-refractivity contribution in [3.63, 3.8) is 0 Å². The first-order valence-electron chi connectivity index (χ1n) is 13.9. The van der Waals surface area contributed by atoms with Gasteiger partial charge in [0.1, 0.15) is 0 Å². The summed E-state index contributed by atoms with van der Waals surface area (Å²) in [4.78, 5) is 49.2. The third-order valence-electron chi connectivity index (χ3n) is 6.81. The number of aliphatic carboxylic acids is 2. The van der Waals surface area contributed by atoms with Gasteiger partial charge in [0.2, 0.25) is 12.2 Å². The van der Waals surface area contributed by atoms with Crippen molar-refractivity contribution in [3.05, 3.63) is 94.0 Å². The molecule has 0 aliphatic carbocycles. The summed E-state index contributed by atoms with van der Waals surface area (Å²) >= 11 is 12.0. The number of carbonyl (C=O) groups is 4. The zero-order valence-electron chi connectivity index (χ0n) is 24.6. The SMILES string of the molecule is COc1c(Cl)cc(Cl)cc1OCCC1CCCN1C.O=C(OC(C(=O)O)C(OC(=O)c1ccccc1)C(=O)O)c1ccccc1. The maximum Gasteiger partial charge on any atom is 0.349 e. The number of hydrogen-bond acceptors (Lipinski definition) is 9. The molecule has 3 aromatic rings. The molecule has 0 radical (unpaired) electrons. The standard InChI is InChI=1S/C18H14O8.C14H19Cl2NO2/c19-15(20)13(25-17(23)11-7-3-1-4-8-11)14(16(21)22)26-18(24)12-9-5-2-6-10-12;1-17-6-3-4-11(17)5-7-19-13-9-10(15)8-12(16)14(13)18-2/h1-10,13-14H,(H,19,20)(H,21,22);8-9,11H,3-7H2,1-2H3. The Labute approximate surface area is 270 Å². The van der Waals surface area contributed by atoms with E-state index in [1.165, 1.54) is 67.9 Å². The van der Waals surface area contributed by atoms with E-state index in [-0.39, 0.29) is 11.1 Å². The van der Waals surface area contributed by atoms with Gasteiger partial charge in [-0.25, -0.2) is 19.2 Å². The van der Waals surface area contributed by atoms with Crippen LogP contribution in [0, 0.1) is 0 Å². The Balaban J connectivity index is 0.000000257. The highest BCUT2D eigenvalue weighted by molar-refractivity contribution is 6.35. The fourth-order valence-electron chi connectivity index (χ4n) is 4.49. The lowest BCUT2D eigenvalue weighted by molar-refractivity contribution is -0.166. The molecule has 3 atom stereocenters. The molecule has 0 spiro atoms. The largest absolute Gasteiger partial charge is 0.491 e. The van der Waals surface area contributed by atoms with Crippen LogP contribution in [0.4, 0.5) is 0 Å². The highest BCUT2D eigenvalue weighted by Crippen LogP contribution is 2.38. The number of nitrogens with zero attached hydrogens (tertiary/aromatic N) is 1. The van der Waals surface area contributed by atoms with Gasteiger partial charge in [-0.2, -0.15) is 0 Å². The van der Waals surface area contributed by atoms with Gasteiger partial charge in [0, 0.05) is 17.1 Å². The Bertz CT molecular complexity index is 1390. The van der Waals surface area contributed by atoms with Crippen LogP contribution in [0.2, 0.25) is 10.0 Å². The normalized spacial score (nSPS) is 15.5. The molecule has 1 heterocycles. The Kier molecular flexibility index (Phi) is 13.5. The van der Waals surface area contributed by atoms with Gasteiger partial charge in [-0.15, -0.1) is 0 Å². The number of carbonyl (C=O) groups excluding carboxylic acids is 2. The van der Waals surface area contributed by atoms with Crippen molar-refractivity contribution in [1.29, 1.82) is 0 Å². The first-order valence-corrected chi connectivity index (χ1v) is 14.6. The third-order valence-corrected chi connectivity index (χ3v) is 7.31. The summed E-state index contributed by atoms with van der Waals surface area (Å²) in [5.74, 6) is -4.48. The Hall–Kier alpha value is -4.32. The van der Waals surface area contributed by atoms with Crippen molar-refractivity contribution in [3.8, 4) is 11.5 Å². The quantitative estimate of drug-likeness (QED) is 0.238. The molecule has 0 aromatic heterocycles. The predicted octanol–water partition coefficient (Wildman–Crippen LogP) is 5.47. The molecule has 1 aliphatic rings. The van der Waals surface area contributed by atoms with Gasteiger partial charge in [0.15, 0.2) is 11.5 Å². The molecular weight excluding hydrogens is 629 g/mol. The number of methoxy groups -OCH3 is 1. The zero-order chi connectivity index (χ0) is 32.9. The van der Waals surface area contributed by atoms with Crippen LogP contribution in [-0.4, -0.2) is 84.5 Å². The fourth-order valence-corrected chi connectivity index (χ4v) is 5.04. The first-order chi connectivity index (χ1) is 21.5. The summed E-state index contributed by atoms with van der Waals surface area (Å²) in [7, 11) is 3.74. The summed E-state index contributed by atoms with van der Waals surface area (Å²) in [5.41, 5.74) is 0.0505. The summed E-state index contributed by atoms with van der Waals surface area (Å²) in [6.07, 6.45) is -0.911. The minimum absolute atomic E-state index is 0.0253. The van der Waals surface area contributed by atoms with Crippen LogP contribution in [0.15, 0.2) is 72.8 Å². The van der Waals surface area contributed by atoms with Gasteiger partial charge in [-0.1, -0.05) is 59.6 Å². The molecule has 1 aliphatic heterocycles. The second-order valence-corrected chi connectivity index (χ2v) is 10.7. The van der Waals surface area contributed by atoms with E-state index in [0.717, 1.165) is 6.42 Å². The van der Waals surface area contributed by atoms with Crippen LogP contribution in [0.1, 0.15) is 40.0 Å². The number of esters is 2. The molecule has 13 heteroatoms. The molecular formula is C32H33Cl2NO10. The van der Waals surface area contributed by atoms with Gasteiger partial charge in [-0.05, 0) is 63.2 Å². The molecule has 45 heavy (non-hydrogen) atoms. The number of halogens is 2. The summed E-state index contributed by atoms with van der Waals surface area (Å²) in [6.45, 7) is 1.82. The molecule has 11 nitrogen and oxygen atoms in total. The minimum atomic E-state index is -2.21. The van der Waals surface area contributed by atoms with Crippen LogP contribution in [0.5, 0.6) is 11.5 Å². The highest BCUT2D eigenvalue weighted by Gasteiger charge is 2.41. The lowest BCUT2D eigenvalue weighted by Gasteiger charge is -2.21. The van der Waals surface area contributed by atoms with E-state index < -0.39 is 36.1 Å². The van der Waals surface area contributed by atoms with E-state index in [0.29, 0.717) is 34.2 Å². The van der Waals surface area contributed by atoms with Crippen molar-refractivity contribution < 1.29 is 48.3 Å². The predicted molar refractivity (Wildman–Crippen MR) is 165 cm³/mol. The van der Waals surface area contributed by atoms with Crippen LogP contribution in [0.25, 0.3) is 0 Å². The van der Waals surface area contributed by atoms with Crippen LogP contribution < -0.4 is 9.47 Å². The number of rotatable bonds is 12. The van der Waals surface area contributed by atoms with Gasteiger partial charge < -0.3 is 34.1 Å². The number of benzene rings is 3. The monoisotopic (exact) mass is 661 g/mol. The van der Waals surface area contributed by atoms with Gasteiger partial charge in [-0.3, -0.25) is 0 Å². The van der Waals surface area contributed by atoms with E-state index in [1.807, 2.05) is 0 Å². The molecule has 3 aromatic carbocycles. The van der Waals surface area contributed by atoms with Crippen molar-refractivity contribution in [2.75, 3.05) is 27.3 Å². The maximum atomic E-state index is 12.0. The van der Waals surface area contributed by atoms with E-state index in [4.69, 9.17) is 42.1 Å². The van der Waals surface area contributed by atoms with Crippen molar-refractivity contribution in [1.82, 2.24) is 4.90 Å². The average molecular weight is 663 g/mol. The molecule has 0 bridgehead atoms. The summed E-state index contributed by atoms with van der Waals surface area (Å²) in [5, 5.41) is 19.5. The Morgan fingerprint density at radius 2 is 1.38 bits per heavy atom. The molecule has 2 N–H and O–H groups in total. The highest BCUT2D eigenvalue weighted by atomic mass is 35.5. The number of carboxylic acids is 2.